The van der Waals surface area contributed by atoms with Gasteiger partial charge >= 0.3 is 0 Å². The number of rotatable bonds is 8. The van der Waals surface area contributed by atoms with Crippen LogP contribution in [0.4, 0.5) is 0 Å². The lowest BCUT2D eigenvalue weighted by atomic mass is 9.76. The molecule has 0 saturated heterocycles. The largest absolute Gasteiger partial charge is 0.312 e. The van der Waals surface area contributed by atoms with Crippen molar-refractivity contribution in [3.63, 3.8) is 0 Å². The van der Waals surface area contributed by atoms with Gasteiger partial charge in [-0.05, 0) is 72.8 Å². The Bertz CT molecular complexity index is 394. The molecular weight excluding hydrogens is 330 g/mol. The molecule has 1 nitrogen and oxygen atoms in total. The van der Waals surface area contributed by atoms with Crippen molar-refractivity contribution in [2.24, 2.45) is 5.41 Å². The van der Waals surface area contributed by atoms with E-state index in [4.69, 9.17) is 0 Å². The van der Waals surface area contributed by atoms with E-state index < -0.39 is 0 Å². The molecule has 0 amide bonds. The fourth-order valence-corrected chi connectivity index (χ4v) is 4.13. The Morgan fingerprint density at radius 3 is 2.40 bits per heavy atom. The molecule has 1 atom stereocenters. The molecule has 0 aliphatic heterocycles. The van der Waals surface area contributed by atoms with Crippen LogP contribution >= 0.6 is 27.3 Å². The molecule has 0 bridgehead atoms. The first kappa shape index (κ1) is 18.2. The molecule has 1 rings (SSSR count). The third-order valence-corrected chi connectivity index (χ3v) is 5.96. The summed E-state index contributed by atoms with van der Waals surface area (Å²) in [6.45, 7) is 12.5. The molecule has 0 radical (unpaired) electrons. The van der Waals surface area contributed by atoms with Crippen LogP contribution in [-0.2, 0) is 6.42 Å². The molecular formula is C17H30BrNS. The van der Waals surface area contributed by atoms with Crippen LogP contribution in [0, 0.1) is 5.41 Å². The van der Waals surface area contributed by atoms with Gasteiger partial charge in [-0.25, -0.2) is 0 Å². The first-order chi connectivity index (χ1) is 9.32. The van der Waals surface area contributed by atoms with Crippen molar-refractivity contribution in [1.29, 1.82) is 0 Å². The van der Waals surface area contributed by atoms with Crippen LogP contribution in [0.3, 0.4) is 0 Å². The van der Waals surface area contributed by atoms with E-state index in [9.17, 15) is 0 Å². The fourth-order valence-electron chi connectivity index (χ4n) is 2.46. The van der Waals surface area contributed by atoms with Gasteiger partial charge < -0.3 is 5.32 Å². The highest BCUT2D eigenvalue weighted by Crippen LogP contribution is 2.37. The summed E-state index contributed by atoms with van der Waals surface area (Å²) in [4.78, 5) is 1.50. The first-order valence-corrected chi connectivity index (χ1v) is 9.46. The van der Waals surface area contributed by atoms with Gasteiger partial charge in [-0.15, -0.1) is 11.3 Å². The molecule has 116 valence electrons. The average molecular weight is 360 g/mol. The van der Waals surface area contributed by atoms with E-state index in [-0.39, 0.29) is 5.54 Å². The number of unbranched alkanes of at least 4 members (excludes halogenated alkanes) is 1. The van der Waals surface area contributed by atoms with Gasteiger partial charge in [0.15, 0.2) is 0 Å². The summed E-state index contributed by atoms with van der Waals surface area (Å²) in [7, 11) is 0. The summed E-state index contributed by atoms with van der Waals surface area (Å²) < 4.78 is 1.28. The quantitative estimate of drug-likeness (QED) is 0.597. The van der Waals surface area contributed by atoms with E-state index in [0.29, 0.717) is 5.41 Å². The third-order valence-electron chi connectivity index (χ3n) is 4.03. The second kappa shape index (κ2) is 7.95. The van der Waals surface area contributed by atoms with Gasteiger partial charge in [0.25, 0.3) is 0 Å². The van der Waals surface area contributed by atoms with Crippen LogP contribution in [0.1, 0.15) is 65.2 Å². The zero-order valence-corrected chi connectivity index (χ0v) is 16.1. The highest BCUT2D eigenvalue weighted by molar-refractivity contribution is 9.10. The lowest BCUT2D eigenvalue weighted by Crippen LogP contribution is -2.44. The Kier molecular flexibility index (Phi) is 7.23. The lowest BCUT2D eigenvalue weighted by Gasteiger charge is -2.36. The molecule has 0 aromatic carbocycles. The Morgan fingerprint density at radius 2 is 1.95 bits per heavy atom. The van der Waals surface area contributed by atoms with Gasteiger partial charge in [0, 0.05) is 21.4 Å². The van der Waals surface area contributed by atoms with Crippen molar-refractivity contribution in [3.8, 4) is 0 Å². The van der Waals surface area contributed by atoms with Crippen molar-refractivity contribution < 1.29 is 0 Å². The molecule has 20 heavy (non-hydrogen) atoms. The molecule has 0 aliphatic carbocycles. The number of hydrogen-bond donors (Lipinski definition) is 1. The Morgan fingerprint density at radius 1 is 1.25 bits per heavy atom. The van der Waals surface area contributed by atoms with Crippen LogP contribution in [0.15, 0.2) is 15.9 Å². The summed E-state index contributed by atoms with van der Waals surface area (Å²) >= 11 is 5.58. The maximum Gasteiger partial charge on any atom is 0.0314 e. The third kappa shape index (κ3) is 5.87. The van der Waals surface area contributed by atoms with Crippen molar-refractivity contribution in [2.45, 2.75) is 72.3 Å². The highest BCUT2D eigenvalue weighted by atomic mass is 79.9. The molecule has 0 saturated carbocycles. The Labute approximate surface area is 137 Å². The number of hydrogen-bond acceptors (Lipinski definition) is 2. The zero-order valence-electron chi connectivity index (χ0n) is 13.7. The smallest absolute Gasteiger partial charge is 0.0314 e. The van der Waals surface area contributed by atoms with Crippen molar-refractivity contribution in [3.05, 3.63) is 20.8 Å². The predicted octanol–water partition coefficient (Wildman–Crippen LogP) is 6.03. The van der Waals surface area contributed by atoms with Crippen LogP contribution in [0.25, 0.3) is 0 Å². The van der Waals surface area contributed by atoms with Gasteiger partial charge in [-0.2, -0.15) is 0 Å². The minimum atomic E-state index is 0.194. The summed E-state index contributed by atoms with van der Waals surface area (Å²) in [6.07, 6.45) is 6.34. The fraction of sp³-hybridized carbons (Fsp3) is 0.765. The second-order valence-corrected chi connectivity index (χ2v) is 8.78. The van der Waals surface area contributed by atoms with Gasteiger partial charge in [0.1, 0.15) is 0 Å². The molecule has 0 aliphatic rings. The molecule has 1 unspecified atom stereocenters. The molecule has 1 heterocycles. The van der Waals surface area contributed by atoms with E-state index in [1.54, 1.807) is 0 Å². The SMILES string of the molecule is CCCCC(CC)(CNC(C)(C)C)Cc1sccc1Br. The summed E-state index contributed by atoms with van der Waals surface area (Å²) in [5.74, 6) is 0. The van der Waals surface area contributed by atoms with Gasteiger partial charge in [-0.1, -0.05) is 26.7 Å². The minimum absolute atomic E-state index is 0.194. The van der Waals surface area contributed by atoms with Crippen molar-refractivity contribution in [1.82, 2.24) is 5.32 Å². The molecule has 1 N–H and O–H groups in total. The normalized spacial score (nSPS) is 15.3. The maximum atomic E-state index is 3.74. The van der Waals surface area contributed by atoms with Gasteiger partial charge in [0.05, 0.1) is 0 Å². The van der Waals surface area contributed by atoms with Crippen molar-refractivity contribution in [2.75, 3.05) is 6.54 Å². The maximum absolute atomic E-state index is 3.74. The summed E-state index contributed by atoms with van der Waals surface area (Å²) in [5.41, 5.74) is 0.579. The van der Waals surface area contributed by atoms with E-state index in [1.165, 1.54) is 41.5 Å². The van der Waals surface area contributed by atoms with E-state index >= 15 is 0 Å². The van der Waals surface area contributed by atoms with E-state index in [0.717, 1.165) is 6.54 Å². The predicted molar refractivity (Wildman–Crippen MR) is 95.7 cm³/mol. The number of halogens is 1. The van der Waals surface area contributed by atoms with Crippen LogP contribution in [0.2, 0.25) is 0 Å². The lowest BCUT2D eigenvalue weighted by molar-refractivity contribution is 0.207. The first-order valence-electron chi connectivity index (χ1n) is 7.79. The highest BCUT2D eigenvalue weighted by Gasteiger charge is 2.30. The van der Waals surface area contributed by atoms with Crippen LogP contribution in [-0.4, -0.2) is 12.1 Å². The van der Waals surface area contributed by atoms with E-state index in [1.807, 2.05) is 11.3 Å². The summed E-state index contributed by atoms with van der Waals surface area (Å²) in [5, 5.41) is 5.94. The molecule has 0 fully saturated rings. The molecule has 0 spiro atoms. The molecule has 1 aromatic rings. The zero-order chi connectivity index (χ0) is 15.2. The van der Waals surface area contributed by atoms with Crippen molar-refractivity contribution >= 4 is 27.3 Å². The number of nitrogens with one attached hydrogen (secondary N) is 1. The number of thiophene rings is 1. The van der Waals surface area contributed by atoms with Gasteiger partial charge in [-0.3, -0.25) is 0 Å². The topological polar surface area (TPSA) is 12.0 Å². The monoisotopic (exact) mass is 359 g/mol. The molecule has 3 heteroatoms. The summed E-state index contributed by atoms with van der Waals surface area (Å²) in [6, 6.07) is 2.18. The van der Waals surface area contributed by atoms with E-state index in [2.05, 4.69) is 67.3 Å². The minimum Gasteiger partial charge on any atom is -0.312 e. The van der Waals surface area contributed by atoms with Crippen LogP contribution in [0.5, 0.6) is 0 Å². The standard InChI is InChI=1S/C17H30BrNS/c1-6-8-10-17(7-2,13-19-16(3,4)5)12-15-14(18)9-11-20-15/h9,11,19H,6-8,10,12-13H2,1-5H3. The van der Waals surface area contributed by atoms with Gasteiger partial charge in [0.2, 0.25) is 0 Å². The Hall–Kier alpha value is 0.140. The second-order valence-electron chi connectivity index (χ2n) is 6.93. The Balaban J connectivity index is 2.83. The molecule has 1 aromatic heterocycles. The average Bonchev–Trinajstić information content (AvgIpc) is 2.77. The van der Waals surface area contributed by atoms with Crippen LogP contribution < -0.4 is 5.32 Å².